The summed E-state index contributed by atoms with van der Waals surface area (Å²) < 4.78 is 47.6. The lowest BCUT2D eigenvalue weighted by Gasteiger charge is -2.71. The average Bonchev–Trinajstić information content (AvgIpc) is 3.60. The molecule has 0 aromatic heterocycles. The molecule has 5 aliphatic carbocycles. The minimum atomic E-state index is -1.86. The third kappa shape index (κ3) is 9.86. The summed E-state index contributed by atoms with van der Waals surface area (Å²) in [5.74, 6) is -0.932. The summed E-state index contributed by atoms with van der Waals surface area (Å²) in [4.78, 5) is 15.1. The van der Waals surface area contributed by atoms with Crippen molar-refractivity contribution < 1.29 is 119 Å². The zero-order valence-corrected chi connectivity index (χ0v) is 45.4. The highest BCUT2D eigenvalue weighted by molar-refractivity contribution is 5.79. The zero-order chi connectivity index (χ0) is 57.0. The predicted octanol–water partition coefficient (Wildman–Crippen LogP) is -3.06. The largest absolute Gasteiger partial charge is 0.432 e. The van der Waals surface area contributed by atoms with Crippen LogP contribution in [0.15, 0.2) is 11.6 Å². The molecule has 9 aliphatic rings. The van der Waals surface area contributed by atoms with Gasteiger partial charge < -0.3 is 114 Å². The molecular formula is C54H88O24. The molecular weight excluding hydrogens is 1030 g/mol. The number of allylic oxidation sites excluding steroid dienone is 2. The van der Waals surface area contributed by atoms with Crippen molar-refractivity contribution in [3.05, 3.63) is 11.6 Å². The number of carbonyl (C=O) groups excluding carboxylic acids is 1. The van der Waals surface area contributed by atoms with E-state index in [1.807, 2.05) is 6.92 Å². The SMILES string of the molecule is CC1(C)CC[C@]2(C(=O)O[C@@H]3O[C@H](CO[C@@H]4O[C@H](CO)[C@@H](O)[C@H](O)[C@H]4O)[C@@H](O)[C@H](O)[C@H]3O)CC[C@]3(C)C(=CCC4[C@@]5(C)CC[C@H](O[C@@H]6O[C@H](CO)[C@@H](O)[C@H](O)[C@H]6O[C@H]6O[C@@H](CO)[C@H](O)[C@@H](O)[C@@H]6O)[C@@](C)(CO)C5CC[C@]43C)C2C1. The molecule has 8 fully saturated rings. The molecule has 24 nitrogen and oxygen atoms in total. The van der Waals surface area contributed by atoms with Gasteiger partial charge in [-0.1, -0.05) is 53.2 Å². The van der Waals surface area contributed by atoms with E-state index >= 15 is 4.79 Å². The van der Waals surface area contributed by atoms with Crippen LogP contribution < -0.4 is 0 Å². The van der Waals surface area contributed by atoms with Gasteiger partial charge in [0.25, 0.3) is 0 Å². The topological polar surface area (TPSA) is 394 Å². The summed E-state index contributed by atoms with van der Waals surface area (Å²) in [5, 5.41) is 160. The number of hydrogen-bond acceptors (Lipinski definition) is 24. The van der Waals surface area contributed by atoms with E-state index in [-0.39, 0.29) is 40.6 Å². The number of rotatable bonds is 13. The molecule has 4 saturated carbocycles. The van der Waals surface area contributed by atoms with E-state index in [0.717, 1.165) is 6.42 Å². The molecule has 29 atom stereocenters. The maximum Gasteiger partial charge on any atom is 0.315 e. The molecule has 0 aromatic rings. The third-order valence-electron chi connectivity index (χ3n) is 21.6. The number of hydrogen-bond donors (Lipinski definition) is 15. The van der Waals surface area contributed by atoms with Gasteiger partial charge in [0.15, 0.2) is 18.9 Å². The fraction of sp³-hybridized carbons (Fsp3) is 0.944. The minimum absolute atomic E-state index is 0.0881. The number of aliphatic hydroxyl groups excluding tert-OH is 15. The van der Waals surface area contributed by atoms with E-state index in [1.54, 1.807) is 0 Å². The van der Waals surface area contributed by atoms with Crippen LogP contribution in [0.4, 0.5) is 0 Å². The molecule has 24 heteroatoms. The second kappa shape index (κ2) is 22.4. The first-order valence-corrected chi connectivity index (χ1v) is 28.0. The van der Waals surface area contributed by atoms with Crippen molar-refractivity contribution in [2.24, 2.45) is 50.2 Å². The Morgan fingerprint density at radius 1 is 0.551 bits per heavy atom. The lowest BCUT2D eigenvalue weighted by Crippen LogP contribution is -2.68. The molecule has 0 radical (unpaired) electrons. The summed E-state index contributed by atoms with van der Waals surface area (Å²) in [6, 6.07) is 0. The summed E-state index contributed by atoms with van der Waals surface area (Å²) >= 11 is 0. The van der Waals surface area contributed by atoms with Crippen molar-refractivity contribution >= 4 is 5.97 Å². The van der Waals surface area contributed by atoms with Gasteiger partial charge >= 0.3 is 5.97 Å². The van der Waals surface area contributed by atoms with Gasteiger partial charge in [-0.2, -0.15) is 0 Å². The van der Waals surface area contributed by atoms with Gasteiger partial charge in [0.1, 0.15) is 97.7 Å². The van der Waals surface area contributed by atoms with E-state index in [9.17, 15) is 76.6 Å². The van der Waals surface area contributed by atoms with E-state index < -0.39 is 178 Å². The monoisotopic (exact) mass is 1120 g/mol. The Labute approximate surface area is 453 Å². The van der Waals surface area contributed by atoms with E-state index in [1.165, 1.54) is 5.57 Å². The van der Waals surface area contributed by atoms with Crippen LogP contribution in [-0.4, -0.2) is 245 Å². The van der Waals surface area contributed by atoms with Crippen LogP contribution in [0.1, 0.15) is 106 Å². The highest BCUT2D eigenvalue weighted by Gasteiger charge is 2.71. The predicted molar refractivity (Wildman–Crippen MR) is 264 cm³/mol. The van der Waals surface area contributed by atoms with Crippen molar-refractivity contribution in [3.63, 3.8) is 0 Å². The van der Waals surface area contributed by atoms with Crippen LogP contribution in [0, 0.1) is 50.2 Å². The fourth-order valence-corrected chi connectivity index (χ4v) is 16.4. The molecule has 78 heavy (non-hydrogen) atoms. The summed E-state index contributed by atoms with van der Waals surface area (Å²) in [6.45, 7) is 10.2. The van der Waals surface area contributed by atoms with Gasteiger partial charge in [0.05, 0.1) is 44.6 Å². The van der Waals surface area contributed by atoms with E-state index in [4.69, 9.17) is 37.9 Å². The number of esters is 1. The first-order chi connectivity index (χ1) is 36.6. The maximum absolute atomic E-state index is 15.1. The standard InChI is InChI=1S/C54H88O24/c1-49(2)13-15-54(48(70)78-46-42(69)38(65)35(62)28(75-46)21-71-44-40(67)36(63)32(59)25(18-55)72-44)16-14-52(5)23(24(54)17-49)7-8-30-50(3)11-10-31(51(4,22-58)29(50)9-12-53(30,52)6)76-47-43(39(66)34(61)27(20-57)74-47)77-45-41(68)37(64)33(60)26(19-56)73-45/h7,24-47,55-69H,8-22H2,1-6H3/t24?,25-,26+,27-,28-,29?,30?,31+,32-,33+,34-,35-,36+,37-,38+,39+,40-,41+,42-,43-,44-,45-,46+,47+,50+,51+,52-,53-,54+/m1/s1. The van der Waals surface area contributed by atoms with Crippen LogP contribution in [0.2, 0.25) is 0 Å². The molecule has 4 aliphatic heterocycles. The molecule has 0 amide bonds. The molecule has 0 bridgehead atoms. The molecule has 9 rings (SSSR count). The lowest BCUT2D eigenvalue weighted by molar-refractivity contribution is -0.379. The Morgan fingerprint density at radius 3 is 1.68 bits per heavy atom. The quantitative estimate of drug-likeness (QED) is 0.0494. The number of ether oxygens (including phenoxy) is 8. The fourth-order valence-electron chi connectivity index (χ4n) is 16.4. The van der Waals surface area contributed by atoms with Crippen molar-refractivity contribution in [1.29, 1.82) is 0 Å². The van der Waals surface area contributed by atoms with Crippen LogP contribution >= 0.6 is 0 Å². The first kappa shape index (κ1) is 60.9. The molecule has 448 valence electrons. The van der Waals surface area contributed by atoms with Gasteiger partial charge in [0, 0.05) is 5.41 Å². The van der Waals surface area contributed by atoms with Crippen molar-refractivity contribution in [2.75, 3.05) is 33.0 Å². The van der Waals surface area contributed by atoms with Crippen LogP contribution in [0.5, 0.6) is 0 Å². The van der Waals surface area contributed by atoms with E-state index in [0.29, 0.717) is 57.8 Å². The second-order valence-corrected chi connectivity index (χ2v) is 26.2. The Balaban J connectivity index is 0.941. The second-order valence-electron chi connectivity index (χ2n) is 26.2. The number of aliphatic hydroxyl groups is 15. The average molecular weight is 1120 g/mol. The smallest absolute Gasteiger partial charge is 0.315 e. The lowest BCUT2D eigenvalue weighted by atomic mass is 9.33. The van der Waals surface area contributed by atoms with Crippen LogP contribution in [-0.2, 0) is 42.7 Å². The zero-order valence-electron chi connectivity index (χ0n) is 45.4. The van der Waals surface area contributed by atoms with Crippen LogP contribution in [0.25, 0.3) is 0 Å². The summed E-state index contributed by atoms with van der Waals surface area (Å²) in [7, 11) is 0. The Kier molecular flexibility index (Phi) is 17.5. The van der Waals surface area contributed by atoms with Crippen LogP contribution in [0.3, 0.4) is 0 Å². The van der Waals surface area contributed by atoms with Crippen molar-refractivity contribution in [2.45, 2.75) is 235 Å². The third-order valence-corrected chi connectivity index (χ3v) is 21.6. The van der Waals surface area contributed by atoms with Crippen molar-refractivity contribution in [1.82, 2.24) is 0 Å². The van der Waals surface area contributed by atoms with Gasteiger partial charge in [-0.05, 0) is 104 Å². The molecule has 4 heterocycles. The summed E-state index contributed by atoms with van der Waals surface area (Å²) in [6.07, 6.45) is -25.3. The Hall–Kier alpha value is -1.67. The minimum Gasteiger partial charge on any atom is -0.432 e. The Morgan fingerprint density at radius 2 is 1.08 bits per heavy atom. The molecule has 0 spiro atoms. The van der Waals surface area contributed by atoms with Gasteiger partial charge in [0.2, 0.25) is 6.29 Å². The first-order valence-electron chi connectivity index (χ1n) is 28.0. The van der Waals surface area contributed by atoms with Gasteiger partial charge in [-0.25, -0.2) is 0 Å². The summed E-state index contributed by atoms with van der Waals surface area (Å²) in [5.41, 5.74) is -2.07. The highest BCUT2D eigenvalue weighted by Crippen LogP contribution is 2.76. The van der Waals surface area contributed by atoms with Gasteiger partial charge in [-0.3, -0.25) is 4.79 Å². The van der Waals surface area contributed by atoms with E-state index in [2.05, 4.69) is 40.7 Å². The highest BCUT2D eigenvalue weighted by atomic mass is 16.8. The maximum atomic E-state index is 15.1. The van der Waals surface area contributed by atoms with Crippen molar-refractivity contribution in [3.8, 4) is 0 Å². The number of carbonyl (C=O) groups is 1. The van der Waals surface area contributed by atoms with Gasteiger partial charge in [-0.15, -0.1) is 0 Å². The molecule has 4 saturated heterocycles. The molecule has 15 N–H and O–H groups in total. The molecule has 3 unspecified atom stereocenters. The molecule has 0 aromatic carbocycles. The normalized spacial score (nSPS) is 54.1. The number of fused-ring (bicyclic) bond motifs is 7. The Bertz CT molecular complexity index is 2130.